The number of hydrogen-bond donors (Lipinski definition) is 2. The molecule has 0 saturated carbocycles. The van der Waals surface area contributed by atoms with Gasteiger partial charge in [0.05, 0.1) is 24.5 Å². The fourth-order valence-electron chi connectivity index (χ4n) is 3.17. The zero-order valence-corrected chi connectivity index (χ0v) is 15.4. The molecule has 0 amide bonds. The molecule has 144 valence electrons. The quantitative estimate of drug-likeness (QED) is 0.441. The molecule has 6 nitrogen and oxygen atoms in total. The molecule has 0 spiro atoms. The van der Waals surface area contributed by atoms with Crippen LogP contribution in [0.15, 0.2) is 35.5 Å². The van der Waals surface area contributed by atoms with E-state index < -0.39 is 24.1 Å². The number of ether oxygens (including phenoxy) is 2. The molecule has 2 aliphatic rings. The molecule has 4 atom stereocenters. The average Bonchev–Trinajstić information content (AvgIpc) is 2.90. The first kappa shape index (κ1) is 20.4. The summed E-state index contributed by atoms with van der Waals surface area (Å²) in [6, 6.07) is 0. The Morgan fingerprint density at radius 2 is 2.19 bits per heavy atom. The molecule has 26 heavy (non-hydrogen) atoms. The molecule has 2 N–H and O–H groups in total. The number of fused-ring (bicyclic) bond motifs is 1. The predicted molar refractivity (Wildman–Crippen MR) is 96.0 cm³/mol. The van der Waals surface area contributed by atoms with Crippen molar-refractivity contribution in [3.05, 3.63) is 35.5 Å². The number of aliphatic hydroxyl groups is 2. The molecule has 0 aromatic carbocycles. The molecule has 1 saturated heterocycles. The second kappa shape index (κ2) is 9.14. The summed E-state index contributed by atoms with van der Waals surface area (Å²) >= 11 is 0. The van der Waals surface area contributed by atoms with Gasteiger partial charge in [0.15, 0.2) is 0 Å². The van der Waals surface area contributed by atoms with Gasteiger partial charge in [0.25, 0.3) is 0 Å². The maximum absolute atomic E-state index is 11.9. The van der Waals surface area contributed by atoms with E-state index in [1.54, 1.807) is 6.08 Å². The van der Waals surface area contributed by atoms with Crippen molar-refractivity contribution in [2.24, 2.45) is 11.8 Å². The largest absolute Gasteiger partial charge is 0.461 e. The van der Waals surface area contributed by atoms with Gasteiger partial charge in [-0.15, -0.1) is 0 Å². The fraction of sp³-hybridized carbons (Fsp3) is 0.600. The van der Waals surface area contributed by atoms with Crippen LogP contribution >= 0.6 is 0 Å². The maximum Gasteiger partial charge on any atom is 0.334 e. The van der Waals surface area contributed by atoms with E-state index in [1.807, 2.05) is 19.9 Å². The highest BCUT2D eigenvalue weighted by molar-refractivity contribution is 5.91. The summed E-state index contributed by atoms with van der Waals surface area (Å²) in [5.41, 5.74) is 1.76. The van der Waals surface area contributed by atoms with Gasteiger partial charge in [-0.1, -0.05) is 26.5 Å². The first-order valence-corrected chi connectivity index (χ1v) is 9.10. The molecule has 1 fully saturated rings. The first-order valence-electron chi connectivity index (χ1n) is 9.10. The van der Waals surface area contributed by atoms with Crippen molar-refractivity contribution in [1.29, 1.82) is 0 Å². The zero-order chi connectivity index (χ0) is 19.3. The first-order chi connectivity index (χ1) is 12.4. The second-order valence-electron chi connectivity index (χ2n) is 6.99. The van der Waals surface area contributed by atoms with Crippen molar-refractivity contribution < 1.29 is 29.3 Å². The molecule has 1 aliphatic heterocycles. The third-order valence-corrected chi connectivity index (χ3v) is 5.06. The second-order valence-corrected chi connectivity index (χ2v) is 6.99. The summed E-state index contributed by atoms with van der Waals surface area (Å²) in [5.74, 6) is -1.54. The molecule has 6 heteroatoms. The molecule has 1 aliphatic carbocycles. The zero-order valence-electron chi connectivity index (χ0n) is 15.4. The highest BCUT2D eigenvalue weighted by Crippen LogP contribution is 2.34. The predicted octanol–water partition coefficient (Wildman–Crippen LogP) is 2.06. The molecule has 0 bridgehead atoms. The van der Waals surface area contributed by atoms with Crippen molar-refractivity contribution in [3.8, 4) is 0 Å². The van der Waals surface area contributed by atoms with Crippen molar-refractivity contribution in [2.75, 3.05) is 13.2 Å². The molecular formula is C20H28O6. The molecular weight excluding hydrogens is 336 g/mol. The molecule has 0 unspecified atom stereocenters. The van der Waals surface area contributed by atoms with Gasteiger partial charge in [0.2, 0.25) is 0 Å². The van der Waals surface area contributed by atoms with E-state index in [1.165, 1.54) is 0 Å². The Hall–Kier alpha value is -1.92. The number of allylic oxidation sites excluding steroid dienone is 1. The van der Waals surface area contributed by atoms with Crippen LogP contribution in [0, 0.1) is 11.8 Å². The van der Waals surface area contributed by atoms with Crippen LogP contribution < -0.4 is 0 Å². The highest BCUT2D eigenvalue weighted by Gasteiger charge is 2.42. The van der Waals surface area contributed by atoms with Gasteiger partial charge < -0.3 is 19.7 Å². The normalized spacial score (nSPS) is 31.8. The van der Waals surface area contributed by atoms with E-state index in [4.69, 9.17) is 9.47 Å². The van der Waals surface area contributed by atoms with Crippen LogP contribution in [0.4, 0.5) is 0 Å². The minimum Gasteiger partial charge on any atom is -0.461 e. The third kappa shape index (κ3) is 4.83. The van der Waals surface area contributed by atoms with Crippen LogP contribution in [0.1, 0.15) is 39.5 Å². The average molecular weight is 364 g/mol. The lowest BCUT2D eigenvalue weighted by molar-refractivity contribution is -0.147. The van der Waals surface area contributed by atoms with E-state index in [-0.39, 0.29) is 37.1 Å². The lowest BCUT2D eigenvalue weighted by Crippen LogP contribution is -2.30. The maximum atomic E-state index is 11.9. The summed E-state index contributed by atoms with van der Waals surface area (Å²) in [5, 5.41) is 20.2. The van der Waals surface area contributed by atoms with Crippen LogP contribution in [-0.2, 0) is 19.1 Å². The van der Waals surface area contributed by atoms with E-state index in [2.05, 4.69) is 6.58 Å². The standard InChI is InChI=1S/C20H28O6/c1-4-12(2)19(23)25-11-15-7-5-6-14(10-21)9-17-18(16(22)8-15)13(3)20(24)26-17/h7,9,12,16-18,21-22H,3-6,8,10-11H2,1-2H3/b14-9-,15-7-/t12-,16-,17-,18-/m1/s1. The van der Waals surface area contributed by atoms with Crippen molar-refractivity contribution >= 4 is 11.9 Å². The fourth-order valence-corrected chi connectivity index (χ4v) is 3.17. The van der Waals surface area contributed by atoms with Gasteiger partial charge in [-0.25, -0.2) is 4.79 Å². The Labute approximate surface area is 154 Å². The summed E-state index contributed by atoms with van der Waals surface area (Å²) < 4.78 is 10.7. The molecule has 0 aromatic rings. The third-order valence-electron chi connectivity index (χ3n) is 5.06. The number of carbonyl (C=O) groups is 2. The number of esters is 2. The molecule has 0 radical (unpaired) electrons. The van der Waals surface area contributed by atoms with Gasteiger partial charge in [0, 0.05) is 5.57 Å². The monoisotopic (exact) mass is 364 g/mol. The Morgan fingerprint density at radius 1 is 1.46 bits per heavy atom. The lowest BCUT2D eigenvalue weighted by atomic mass is 9.85. The Bertz CT molecular complexity index is 618. The Balaban J connectivity index is 2.17. The minimum absolute atomic E-state index is 0.108. The summed E-state index contributed by atoms with van der Waals surface area (Å²) in [6.45, 7) is 7.45. The van der Waals surface area contributed by atoms with E-state index >= 15 is 0 Å². The Morgan fingerprint density at radius 3 is 2.85 bits per heavy atom. The summed E-state index contributed by atoms with van der Waals surface area (Å²) in [4.78, 5) is 23.8. The molecule has 1 heterocycles. The van der Waals surface area contributed by atoms with Crippen LogP contribution in [0.25, 0.3) is 0 Å². The van der Waals surface area contributed by atoms with Crippen LogP contribution in [0.2, 0.25) is 0 Å². The van der Waals surface area contributed by atoms with Gasteiger partial charge in [-0.3, -0.25) is 4.79 Å². The van der Waals surface area contributed by atoms with Crippen molar-refractivity contribution in [1.82, 2.24) is 0 Å². The van der Waals surface area contributed by atoms with Crippen molar-refractivity contribution in [2.45, 2.75) is 51.7 Å². The SMILES string of the molecule is C=C1C(=O)O[C@@H]2/C=C(\CO)CC/C=C(\COC(=O)[C@H](C)CC)C[C@@H](O)[C@@H]12. The van der Waals surface area contributed by atoms with Crippen LogP contribution in [-0.4, -0.2) is 47.6 Å². The van der Waals surface area contributed by atoms with Gasteiger partial charge in [-0.2, -0.15) is 0 Å². The van der Waals surface area contributed by atoms with Crippen molar-refractivity contribution in [3.63, 3.8) is 0 Å². The molecule has 2 rings (SSSR count). The number of rotatable bonds is 5. The van der Waals surface area contributed by atoms with E-state index in [0.29, 0.717) is 19.3 Å². The highest BCUT2D eigenvalue weighted by atomic mass is 16.6. The minimum atomic E-state index is -0.887. The van der Waals surface area contributed by atoms with Gasteiger partial charge in [0.1, 0.15) is 12.7 Å². The van der Waals surface area contributed by atoms with E-state index in [0.717, 1.165) is 11.1 Å². The van der Waals surface area contributed by atoms with Crippen LogP contribution in [0.5, 0.6) is 0 Å². The lowest BCUT2D eigenvalue weighted by Gasteiger charge is -2.24. The summed E-state index contributed by atoms with van der Waals surface area (Å²) in [7, 11) is 0. The van der Waals surface area contributed by atoms with Gasteiger partial charge in [-0.05, 0) is 42.9 Å². The van der Waals surface area contributed by atoms with Crippen LogP contribution in [0.3, 0.4) is 0 Å². The smallest absolute Gasteiger partial charge is 0.334 e. The number of hydrogen-bond acceptors (Lipinski definition) is 6. The summed E-state index contributed by atoms with van der Waals surface area (Å²) in [6.07, 6.45) is 4.34. The van der Waals surface area contributed by atoms with E-state index in [9.17, 15) is 19.8 Å². The number of carbonyl (C=O) groups excluding carboxylic acids is 2. The molecule has 0 aromatic heterocycles. The van der Waals surface area contributed by atoms with Gasteiger partial charge >= 0.3 is 11.9 Å². The Kier molecular flexibility index (Phi) is 7.17. The topological polar surface area (TPSA) is 93.1 Å². The number of aliphatic hydroxyl groups excluding tert-OH is 2.